The first-order valence-corrected chi connectivity index (χ1v) is 5.28. The van der Waals surface area contributed by atoms with Gasteiger partial charge in [0.2, 0.25) is 5.91 Å². The summed E-state index contributed by atoms with van der Waals surface area (Å²) in [5, 5.41) is 3.04. The van der Waals surface area contributed by atoms with Gasteiger partial charge in [0.25, 0.3) is 0 Å². The highest BCUT2D eigenvalue weighted by molar-refractivity contribution is 5.82. The second kappa shape index (κ2) is 3.69. The molecule has 76 valence electrons. The van der Waals surface area contributed by atoms with Crippen LogP contribution >= 0.6 is 0 Å². The van der Waals surface area contributed by atoms with Crippen molar-refractivity contribution in [2.24, 2.45) is 11.8 Å². The maximum atomic E-state index is 11.6. The van der Waals surface area contributed by atoms with E-state index in [2.05, 4.69) is 33.0 Å². The van der Waals surface area contributed by atoms with Crippen LogP contribution in [0.25, 0.3) is 0 Å². The van der Waals surface area contributed by atoms with Crippen molar-refractivity contribution in [1.82, 2.24) is 5.32 Å². The molecule has 1 N–H and O–H groups in total. The summed E-state index contributed by atoms with van der Waals surface area (Å²) in [5.41, 5.74) is 0.0176. The molecular formula is C11H21NO. The van der Waals surface area contributed by atoms with Crippen molar-refractivity contribution in [3.05, 3.63) is 0 Å². The molecule has 1 saturated heterocycles. The van der Waals surface area contributed by atoms with E-state index in [0.717, 1.165) is 12.8 Å². The Labute approximate surface area is 81.1 Å². The van der Waals surface area contributed by atoms with Gasteiger partial charge in [0.1, 0.15) is 0 Å². The Kier molecular flexibility index (Phi) is 2.99. The zero-order chi connectivity index (χ0) is 10.1. The topological polar surface area (TPSA) is 29.1 Å². The quantitative estimate of drug-likeness (QED) is 0.715. The highest BCUT2D eigenvalue weighted by Crippen LogP contribution is 2.31. The van der Waals surface area contributed by atoms with Gasteiger partial charge in [0.05, 0.1) is 0 Å². The summed E-state index contributed by atoms with van der Waals surface area (Å²) >= 11 is 0. The molecule has 1 rings (SSSR count). The van der Waals surface area contributed by atoms with Crippen molar-refractivity contribution in [1.29, 1.82) is 0 Å². The second-order valence-corrected chi connectivity index (χ2v) is 4.95. The van der Waals surface area contributed by atoms with E-state index >= 15 is 0 Å². The van der Waals surface area contributed by atoms with Crippen LogP contribution in [-0.4, -0.2) is 11.4 Å². The Morgan fingerprint density at radius 2 is 2.23 bits per heavy atom. The normalized spacial score (nSPS) is 28.6. The minimum Gasteiger partial charge on any atom is -0.351 e. The van der Waals surface area contributed by atoms with Gasteiger partial charge in [0.15, 0.2) is 0 Å². The van der Waals surface area contributed by atoms with Crippen LogP contribution in [0.4, 0.5) is 0 Å². The first-order chi connectivity index (χ1) is 5.96. The van der Waals surface area contributed by atoms with Gasteiger partial charge in [-0.05, 0) is 26.2 Å². The van der Waals surface area contributed by atoms with Crippen molar-refractivity contribution < 1.29 is 4.79 Å². The summed E-state index contributed by atoms with van der Waals surface area (Å²) in [6.45, 7) is 8.57. The Morgan fingerprint density at radius 3 is 2.62 bits per heavy atom. The first-order valence-electron chi connectivity index (χ1n) is 5.28. The first kappa shape index (κ1) is 10.6. The monoisotopic (exact) mass is 183 g/mol. The van der Waals surface area contributed by atoms with Crippen LogP contribution in [0, 0.1) is 11.8 Å². The second-order valence-electron chi connectivity index (χ2n) is 4.95. The molecule has 2 unspecified atom stereocenters. The Balaban J connectivity index is 2.57. The predicted molar refractivity (Wildman–Crippen MR) is 54.4 cm³/mol. The number of carbonyl (C=O) groups excluding carboxylic acids is 1. The number of carbonyl (C=O) groups is 1. The third kappa shape index (κ3) is 2.45. The fraction of sp³-hybridized carbons (Fsp3) is 0.909. The lowest BCUT2D eigenvalue weighted by atomic mass is 9.85. The summed E-state index contributed by atoms with van der Waals surface area (Å²) in [6.07, 6.45) is 3.33. The van der Waals surface area contributed by atoms with Crippen molar-refractivity contribution in [3.63, 3.8) is 0 Å². The highest BCUT2D eigenvalue weighted by Gasteiger charge is 2.39. The standard InChI is InChI=1S/C11H21NO/c1-5-6-8(2)9-7-11(3,4)12-10(9)13/h8-9H,5-7H2,1-4H3,(H,12,13). The Hall–Kier alpha value is -0.530. The maximum Gasteiger partial charge on any atom is 0.223 e. The Bertz CT molecular complexity index is 198. The maximum absolute atomic E-state index is 11.6. The minimum atomic E-state index is 0.0176. The van der Waals surface area contributed by atoms with Gasteiger partial charge in [-0.25, -0.2) is 0 Å². The Morgan fingerprint density at radius 1 is 1.62 bits per heavy atom. The highest BCUT2D eigenvalue weighted by atomic mass is 16.2. The fourth-order valence-electron chi connectivity index (χ4n) is 2.24. The molecule has 0 spiro atoms. The number of rotatable bonds is 3. The van der Waals surface area contributed by atoms with Gasteiger partial charge in [0, 0.05) is 11.5 Å². The largest absolute Gasteiger partial charge is 0.351 e. The van der Waals surface area contributed by atoms with E-state index in [-0.39, 0.29) is 17.4 Å². The molecule has 0 aromatic heterocycles. The molecule has 0 saturated carbocycles. The van der Waals surface area contributed by atoms with E-state index in [9.17, 15) is 4.79 Å². The third-order valence-corrected chi connectivity index (χ3v) is 2.96. The minimum absolute atomic E-state index is 0.0176. The van der Waals surface area contributed by atoms with Crippen LogP contribution in [0.3, 0.4) is 0 Å². The summed E-state index contributed by atoms with van der Waals surface area (Å²) in [5.74, 6) is 1.03. The molecule has 1 aliphatic rings. The molecule has 1 fully saturated rings. The summed E-state index contributed by atoms with van der Waals surface area (Å²) < 4.78 is 0. The number of hydrogen-bond donors (Lipinski definition) is 1. The molecule has 13 heavy (non-hydrogen) atoms. The van der Waals surface area contributed by atoms with Crippen LogP contribution in [0.15, 0.2) is 0 Å². The summed E-state index contributed by atoms with van der Waals surface area (Å²) in [6, 6.07) is 0. The molecular weight excluding hydrogens is 162 g/mol. The van der Waals surface area contributed by atoms with Crippen molar-refractivity contribution >= 4 is 5.91 Å². The molecule has 1 aliphatic heterocycles. The molecule has 0 aromatic carbocycles. The van der Waals surface area contributed by atoms with Gasteiger partial charge >= 0.3 is 0 Å². The average Bonchev–Trinajstić information content (AvgIpc) is 2.25. The SMILES string of the molecule is CCCC(C)C1CC(C)(C)NC1=O. The zero-order valence-corrected chi connectivity index (χ0v) is 9.18. The lowest BCUT2D eigenvalue weighted by Crippen LogP contribution is -2.34. The van der Waals surface area contributed by atoms with E-state index < -0.39 is 0 Å². The molecule has 2 nitrogen and oxygen atoms in total. The predicted octanol–water partition coefficient (Wildman–Crippen LogP) is 2.34. The van der Waals surface area contributed by atoms with E-state index in [4.69, 9.17) is 0 Å². The van der Waals surface area contributed by atoms with E-state index in [1.165, 1.54) is 6.42 Å². The van der Waals surface area contributed by atoms with Crippen LogP contribution in [0.1, 0.15) is 47.0 Å². The molecule has 0 bridgehead atoms. The van der Waals surface area contributed by atoms with Gasteiger partial charge in [-0.2, -0.15) is 0 Å². The molecule has 1 heterocycles. The molecule has 0 aliphatic carbocycles. The number of hydrogen-bond acceptors (Lipinski definition) is 1. The van der Waals surface area contributed by atoms with Gasteiger partial charge in [-0.15, -0.1) is 0 Å². The lowest BCUT2D eigenvalue weighted by molar-refractivity contribution is -0.124. The van der Waals surface area contributed by atoms with Crippen molar-refractivity contribution in [2.45, 2.75) is 52.5 Å². The van der Waals surface area contributed by atoms with E-state index in [1.807, 2.05) is 0 Å². The molecule has 0 aromatic rings. The number of amides is 1. The molecule has 0 radical (unpaired) electrons. The molecule has 1 amide bonds. The summed E-state index contributed by atoms with van der Waals surface area (Å²) in [7, 11) is 0. The molecule has 2 heteroatoms. The third-order valence-electron chi connectivity index (χ3n) is 2.96. The van der Waals surface area contributed by atoms with Crippen molar-refractivity contribution in [3.8, 4) is 0 Å². The van der Waals surface area contributed by atoms with Crippen LogP contribution in [0.5, 0.6) is 0 Å². The lowest BCUT2D eigenvalue weighted by Gasteiger charge is -2.18. The van der Waals surface area contributed by atoms with Gasteiger partial charge in [-0.1, -0.05) is 26.7 Å². The summed E-state index contributed by atoms with van der Waals surface area (Å²) in [4.78, 5) is 11.6. The number of nitrogens with one attached hydrogen (secondary N) is 1. The molecule has 2 atom stereocenters. The van der Waals surface area contributed by atoms with Crippen molar-refractivity contribution in [2.75, 3.05) is 0 Å². The average molecular weight is 183 g/mol. The van der Waals surface area contributed by atoms with E-state index in [1.54, 1.807) is 0 Å². The van der Waals surface area contributed by atoms with Gasteiger partial charge in [-0.3, -0.25) is 4.79 Å². The zero-order valence-electron chi connectivity index (χ0n) is 9.18. The van der Waals surface area contributed by atoms with Gasteiger partial charge < -0.3 is 5.32 Å². The fourth-order valence-corrected chi connectivity index (χ4v) is 2.24. The van der Waals surface area contributed by atoms with Crippen LogP contribution in [0.2, 0.25) is 0 Å². The smallest absolute Gasteiger partial charge is 0.223 e. The van der Waals surface area contributed by atoms with Crippen LogP contribution < -0.4 is 5.32 Å². The van der Waals surface area contributed by atoms with Crippen LogP contribution in [-0.2, 0) is 4.79 Å². The van der Waals surface area contributed by atoms with E-state index in [0.29, 0.717) is 5.92 Å².